The number of phenols is 1. The Bertz CT molecular complexity index is 1030. The molecule has 1 fully saturated rings. The third-order valence-corrected chi connectivity index (χ3v) is 5.24. The molecule has 1 amide bonds. The summed E-state index contributed by atoms with van der Waals surface area (Å²) in [5.41, 5.74) is 1.12. The van der Waals surface area contributed by atoms with E-state index in [1.807, 2.05) is 0 Å². The summed E-state index contributed by atoms with van der Waals surface area (Å²) in [7, 11) is 2.99. The van der Waals surface area contributed by atoms with E-state index in [9.17, 15) is 14.7 Å². The van der Waals surface area contributed by atoms with E-state index in [-0.39, 0.29) is 28.0 Å². The molecule has 2 N–H and O–H groups in total. The summed E-state index contributed by atoms with van der Waals surface area (Å²) in [6.45, 7) is 0. The Morgan fingerprint density at radius 3 is 2.75 bits per heavy atom. The number of hydrogen-bond donors (Lipinski definition) is 2. The Balaban J connectivity index is 1.94. The summed E-state index contributed by atoms with van der Waals surface area (Å²) in [5.74, 6) is -1.29. The lowest BCUT2D eigenvalue weighted by Crippen LogP contribution is -2.23. The molecule has 1 aliphatic heterocycles. The Labute approximate surface area is 169 Å². The molecule has 1 heterocycles. The van der Waals surface area contributed by atoms with Gasteiger partial charge in [-0.15, -0.1) is 0 Å². The number of carbonyl (C=O) groups is 2. The van der Waals surface area contributed by atoms with Gasteiger partial charge in [0.05, 0.1) is 28.3 Å². The number of ether oxygens (including phenoxy) is 1. The molecule has 144 valence electrons. The number of amides is 1. The summed E-state index contributed by atoms with van der Waals surface area (Å²) < 4.78 is 5.07. The third-order valence-electron chi connectivity index (χ3n) is 3.89. The lowest BCUT2D eigenvalue weighted by atomic mass is 10.2. The molecule has 0 spiro atoms. The number of carboxylic acid groups (broad SMARTS) is 1. The van der Waals surface area contributed by atoms with Crippen molar-refractivity contribution in [2.75, 3.05) is 14.2 Å². The van der Waals surface area contributed by atoms with E-state index in [1.54, 1.807) is 31.3 Å². The van der Waals surface area contributed by atoms with E-state index in [1.165, 1.54) is 30.2 Å². The molecular weight excluding hydrogens is 404 g/mol. The van der Waals surface area contributed by atoms with Crippen LogP contribution in [0.1, 0.15) is 15.9 Å². The van der Waals surface area contributed by atoms with Crippen molar-refractivity contribution in [3.05, 3.63) is 57.5 Å². The smallest absolute Gasteiger partial charge is 0.335 e. The second-order valence-electron chi connectivity index (χ2n) is 5.78. The highest BCUT2D eigenvalue weighted by molar-refractivity contribution is 8.18. The van der Waals surface area contributed by atoms with Gasteiger partial charge in [0.1, 0.15) is 0 Å². The summed E-state index contributed by atoms with van der Waals surface area (Å²) in [6, 6.07) is 9.23. The Hall–Kier alpha value is -2.97. The van der Waals surface area contributed by atoms with Crippen molar-refractivity contribution in [1.82, 2.24) is 4.90 Å². The molecule has 0 aromatic heterocycles. The molecule has 2 aromatic rings. The number of hydrogen-bond acceptors (Lipinski definition) is 6. The lowest BCUT2D eigenvalue weighted by molar-refractivity contribution is -0.121. The molecule has 1 aliphatic rings. The van der Waals surface area contributed by atoms with Crippen LogP contribution in [0.4, 0.5) is 5.69 Å². The zero-order chi connectivity index (χ0) is 20.4. The first-order valence-electron chi connectivity index (χ1n) is 7.96. The molecular formula is C19H15ClN2O5S. The van der Waals surface area contributed by atoms with Gasteiger partial charge >= 0.3 is 5.97 Å². The first-order chi connectivity index (χ1) is 13.3. The van der Waals surface area contributed by atoms with Gasteiger partial charge in [0, 0.05) is 7.05 Å². The molecule has 0 radical (unpaired) electrons. The van der Waals surface area contributed by atoms with Crippen molar-refractivity contribution in [3.8, 4) is 11.5 Å². The van der Waals surface area contributed by atoms with E-state index >= 15 is 0 Å². The standard InChI is InChI=1S/C19H15ClN2O5S/c1-22-17(24)15(8-10-6-13(20)16(23)14(7-10)27-2)28-19(22)21-12-5-3-4-11(9-12)18(25)26/h3-9,23H,1-2H3,(H,25,26)/b15-8-,21-19?. The van der Waals surface area contributed by atoms with Gasteiger partial charge in [-0.25, -0.2) is 9.79 Å². The van der Waals surface area contributed by atoms with Crippen LogP contribution in [0, 0.1) is 0 Å². The van der Waals surface area contributed by atoms with Crippen LogP contribution in [0.5, 0.6) is 11.5 Å². The number of aromatic carboxylic acids is 1. The van der Waals surface area contributed by atoms with Crippen molar-refractivity contribution in [2.24, 2.45) is 4.99 Å². The van der Waals surface area contributed by atoms with Gasteiger partial charge in [-0.1, -0.05) is 17.7 Å². The van der Waals surface area contributed by atoms with Crippen LogP contribution >= 0.6 is 23.4 Å². The van der Waals surface area contributed by atoms with Crippen LogP contribution in [0.3, 0.4) is 0 Å². The summed E-state index contributed by atoms with van der Waals surface area (Å²) in [4.78, 5) is 29.8. The number of carbonyl (C=O) groups excluding carboxylic acids is 1. The Morgan fingerprint density at radius 2 is 2.07 bits per heavy atom. The monoisotopic (exact) mass is 418 g/mol. The fraction of sp³-hybridized carbons (Fsp3) is 0.105. The average Bonchev–Trinajstić information content (AvgIpc) is 2.92. The number of carboxylic acids is 1. The highest BCUT2D eigenvalue weighted by atomic mass is 35.5. The normalized spacial score (nSPS) is 16.8. The minimum absolute atomic E-state index is 0.106. The van der Waals surface area contributed by atoms with E-state index in [0.29, 0.717) is 21.3 Å². The summed E-state index contributed by atoms with van der Waals surface area (Å²) in [6.07, 6.45) is 1.62. The molecule has 9 heteroatoms. The number of aromatic hydroxyl groups is 1. The number of benzene rings is 2. The fourth-order valence-electron chi connectivity index (χ4n) is 2.45. The quantitative estimate of drug-likeness (QED) is 0.728. The van der Waals surface area contributed by atoms with Crippen molar-refractivity contribution in [3.63, 3.8) is 0 Å². The number of phenolic OH excluding ortho intramolecular Hbond substituents is 1. The van der Waals surface area contributed by atoms with Crippen LogP contribution in [0.25, 0.3) is 6.08 Å². The van der Waals surface area contributed by atoms with Crippen molar-refractivity contribution < 1.29 is 24.5 Å². The number of thioether (sulfide) groups is 1. The van der Waals surface area contributed by atoms with Crippen LogP contribution in [0.2, 0.25) is 5.02 Å². The van der Waals surface area contributed by atoms with Crippen LogP contribution in [0.15, 0.2) is 46.3 Å². The number of amidine groups is 1. The van der Waals surface area contributed by atoms with Crippen molar-refractivity contribution in [1.29, 1.82) is 0 Å². The van der Waals surface area contributed by atoms with Gasteiger partial charge in [0.25, 0.3) is 5.91 Å². The molecule has 0 unspecified atom stereocenters. The van der Waals surface area contributed by atoms with Crippen LogP contribution in [-0.2, 0) is 4.79 Å². The van der Waals surface area contributed by atoms with E-state index in [0.717, 1.165) is 11.8 Å². The topological polar surface area (TPSA) is 99.4 Å². The second-order valence-corrected chi connectivity index (χ2v) is 7.19. The number of nitrogens with zero attached hydrogens (tertiary/aromatic N) is 2. The maximum absolute atomic E-state index is 12.5. The van der Waals surface area contributed by atoms with Gasteiger partial charge in [-0.2, -0.15) is 0 Å². The Kier molecular flexibility index (Phi) is 5.62. The fourth-order valence-corrected chi connectivity index (χ4v) is 3.66. The first kappa shape index (κ1) is 19.8. The number of likely N-dealkylation sites (N-methyl/N-ethyl adjacent to an activating group) is 1. The van der Waals surface area contributed by atoms with E-state index < -0.39 is 5.97 Å². The first-order valence-corrected chi connectivity index (χ1v) is 9.15. The molecule has 0 atom stereocenters. The van der Waals surface area contributed by atoms with Gasteiger partial charge in [-0.05, 0) is 53.7 Å². The maximum atomic E-state index is 12.5. The number of halogens is 1. The minimum Gasteiger partial charge on any atom is -0.503 e. The molecule has 0 aliphatic carbocycles. The second kappa shape index (κ2) is 7.95. The van der Waals surface area contributed by atoms with Gasteiger partial charge in [0.2, 0.25) is 0 Å². The zero-order valence-electron chi connectivity index (χ0n) is 14.8. The SMILES string of the molecule is COc1cc(/C=C2\SC(=Nc3cccc(C(=O)O)c3)N(C)C2=O)cc(Cl)c1O. The van der Waals surface area contributed by atoms with Crippen LogP contribution < -0.4 is 4.74 Å². The molecule has 28 heavy (non-hydrogen) atoms. The highest BCUT2D eigenvalue weighted by Crippen LogP contribution is 2.38. The summed E-state index contributed by atoms with van der Waals surface area (Å²) >= 11 is 7.14. The summed E-state index contributed by atoms with van der Waals surface area (Å²) in [5, 5.41) is 19.4. The largest absolute Gasteiger partial charge is 0.503 e. The molecule has 3 rings (SSSR count). The number of methoxy groups -OCH3 is 1. The third kappa shape index (κ3) is 3.97. The van der Waals surface area contributed by atoms with Gasteiger partial charge in [-0.3, -0.25) is 9.69 Å². The zero-order valence-corrected chi connectivity index (χ0v) is 16.4. The van der Waals surface area contributed by atoms with Crippen molar-refractivity contribution in [2.45, 2.75) is 0 Å². The average molecular weight is 419 g/mol. The lowest BCUT2D eigenvalue weighted by Gasteiger charge is -2.07. The minimum atomic E-state index is -1.05. The van der Waals surface area contributed by atoms with Gasteiger partial charge < -0.3 is 14.9 Å². The highest BCUT2D eigenvalue weighted by Gasteiger charge is 2.30. The predicted octanol–water partition coefficient (Wildman–Crippen LogP) is 3.99. The molecule has 0 bridgehead atoms. The van der Waals surface area contributed by atoms with Gasteiger partial charge in [0.15, 0.2) is 16.7 Å². The Morgan fingerprint density at radius 1 is 1.32 bits per heavy atom. The maximum Gasteiger partial charge on any atom is 0.335 e. The number of aliphatic imine (C=N–C) groups is 1. The molecule has 7 nitrogen and oxygen atoms in total. The van der Waals surface area contributed by atoms with Crippen molar-refractivity contribution >= 4 is 52.2 Å². The van der Waals surface area contributed by atoms with E-state index in [4.69, 9.17) is 21.4 Å². The molecule has 2 aromatic carbocycles. The van der Waals surface area contributed by atoms with Crippen LogP contribution in [-0.4, -0.2) is 46.3 Å². The number of rotatable bonds is 4. The molecule has 1 saturated heterocycles. The molecule has 0 saturated carbocycles. The van der Waals surface area contributed by atoms with E-state index in [2.05, 4.69) is 4.99 Å². The predicted molar refractivity (Wildman–Crippen MR) is 109 cm³/mol.